The van der Waals surface area contributed by atoms with Gasteiger partial charge in [0.25, 0.3) is 0 Å². The molecule has 0 rings (SSSR count). The number of rotatable bonds is 5. The fourth-order valence-electron chi connectivity index (χ4n) is 0.714. The minimum Gasteiger partial charge on any atom is 0 e. The van der Waals surface area contributed by atoms with Crippen LogP contribution in [0.15, 0.2) is 0 Å². The maximum atomic E-state index is 10.3. The first-order valence-electron chi connectivity index (χ1n) is 3.46. The van der Waals surface area contributed by atoms with Gasteiger partial charge in [0.15, 0.2) is 5.60 Å². The standard InChI is InChI=1S/C6H8O7.O.2Zn/c7-3(8)1-6(13,5(11)12)2-4(9)10;;;/h13H,1-2H2,(H,7,8)(H,9,10)(H,11,12);;;. The van der Waals surface area contributed by atoms with Crippen LogP contribution < -0.4 is 0 Å². The third-order valence-electron chi connectivity index (χ3n) is 1.29. The second kappa shape index (κ2) is 9.63. The maximum absolute atomic E-state index is 10.3. The van der Waals surface area contributed by atoms with Crippen LogP contribution in [-0.4, -0.2) is 43.9 Å². The molecule has 0 spiro atoms. The van der Waals surface area contributed by atoms with Crippen LogP contribution in [0.3, 0.4) is 0 Å². The number of carbonyl (C=O) groups is 3. The van der Waals surface area contributed by atoms with Gasteiger partial charge in [0.05, 0.1) is 12.8 Å². The molecule has 16 heavy (non-hydrogen) atoms. The van der Waals surface area contributed by atoms with Crippen molar-refractivity contribution in [1.82, 2.24) is 0 Å². The first kappa shape index (κ1) is 20.8. The maximum Gasteiger partial charge on any atom is 0 e. The first-order valence-corrected chi connectivity index (χ1v) is 4.67. The topological polar surface area (TPSA) is 149 Å². The predicted molar refractivity (Wildman–Crippen MR) is 37.8 cm³/mol. The van der Waals surface area contributed by atoms with E-state index in [1.165, 1.54) is 0 Å². The monoisotopic (exact) mass is 336 g/mol. The van der Waals surface area contributed by atoms with Crippen molar-refractivity contribution in [2.45, 2.75) is 18.4 Å². The van der Waals surface area contributed by atoms with Gasteiger partial charge in [-0.05, 0) is 0 Å². The van der Waals surface area contributed by atoms with Crippen molar-refractivity contribution in [1.29, 1.82) is 0 Å². The summed E-state index contributed by atoms with van der Waals surface area (Å²) < 4.78 is 8.38. The average Bonchev–Trinajstić information content (AvgIpc) is 2.04. The van der Waals surface area contributed by atoms with Crippen molar-refractivity contribution in [3.63, 3.8) is 0 Å². The molecule has 10 heteroatoms. The van der Waals surface area contributed by atoms with Gasteiger partial charge in [-0.25, -0.2) is 4.79 Å². The zero-order valence-electron chi connectivity index (χ0n) is 8.25. The van der Waals surface area contributed by atoms with Gasteiger partial charge in [-0.3, -0.25) is 9.59 Å². The summed E-state index contributed by atoms with van der Waals surface area (Å²) in [6.45, 7) is 0. The number of hydrogen-bond acceptors (Lipinski definition) is 5. The zero-order chi connectivity index (χ0) is 12.6. The smallest absolute Gasteiger partial charge is 0 e. The van der Waals surface area contributed by atoms with Gasteiger partial charge in [0, 0.05) is 19.5 Å². The van der Waals surface area contributed by atoms with Crippen LogP contribution in [0.1, 0.15) is 12.8 Å². The van der Waals surface area contributed by atoms with E-state index in [1.807, 2.05) is 0 Å². The SMILES string of the molecule is O=C(O)CC(O)(CC(=O)O)C(=O)O.[O]=[Zn].[Zn]. The van der Waals surface area contributed by atoms with E-state index in [0.717, 1.165) is 0 Å². The molecule has 0 aromatic rings. The molecule has 0 amide bonds. The normalized spacial score (nSPS) is 9.19. The van der Waals surface area contributed by atoms with Crippen molar-refractivity contribution in [2.75, 3.05) is 0 Å². The van der Waals surface area contributed by atoms with Crippen LogP contribution in [0.2, 0.25) is 0 Å². The summed E-state index contributed by atoms with van der Waals surface area (Å²) in [7, 11) is 0. The van der Waals surface area contributed by atoms with Gasteiger partial charge >= 0.3 is 39.7 Å². The van der Waals surface area contributed by atoms with Crippen LogP contribution in [0.25, 0.3) is 0 Å². The summed E-state index contributed by atoms with van der Waals surface area (Å²) in [4.78, 5) is 30.5. The molecule has 0 unspecified atom stereocenters. The Morgan fingerprint density at radius 3 is 1.31 bits per heavy atom. The largest absolute Gasteiger partial charge is 0 e. The van der Waals surface area contributed by atoms with Gasteiger partial charge in [0.2, 0.25) is 0 Å². The van der Waals surface area contributed by atoms with Crippen molar-refractivity contribution < 1.29 is 76.1 Å². The molecule has 0 aromatic carbocycles. The van der Waals surface area contributed by atoms with Crippen LogP contribution >= 0.6 is 0 Å². The Bertz CT molecular complexity index is 249. The van der Waals surface area contributed by atoms with E-state index in [-0.39, 0.29) is 37.7 Å². The Morgan fingerprint density at radius 1 is 0.938 bits per heavy atom. The van der Waals surface area contributed by atoms with Gasteiger partial charge in [0.1, 0.15) is 0 Å². The van der Waals surface area contributed by atoms with Crippen LogP contribution in [0.4, 0.5) is 0 Å². The molecule has 84 valence electrons. The zero-order valence-corrected chi connectivity index (χ0v) is 14.2. The van der Waals surface area contributed by atoms with E-state index in [1.54, 1.807) is 0 Å². The van der Waals surface area contributed by atoms with Gasteiger partial charge in [-0.15, -0.1) is 0 Å². The van der Waals surface area contributed by atoms with Crippen molar-refractivity contribution >= 4 is 17.9 Å². The third kappa shape index (κ3) is 8.70. The minimum absolute atomic E-state index is 0. The van der Waals surface area contributed by atoms with Crippen molar-refractivity contribution in [2.24, 2.45) is 0 Å². The molecule has 0 aliphatic rings. The van der Waals surface area contributed by atoms with E-state index in [9.17, 15) is 14.4 Å². The quantitative estimate of drug-likeness (QED) is 0.448. The number of carboxylic acids is 3. The number of hydrogen-bond donors (Lipinski definition) is 4. The van der Waals surface area contributed by atoms with Crippen LogP contribution in [0, 0.1) is 0 Å². The molecule has 0 heterocycles. The summed E-state index contributed by atoms with van der Waals surface area (Å²) in [5.74, 6) is -5.02. The summed E-state index contributed by atoms with van der Waals surface area (Å²) >= 11 is 0.125. The van der Waals surface area contributed by atoms with Crippen molar-refractivity contribution in [3.05, 3.63) is 0 Å². The molecule has 0 atom stereocenters. The number of carboxylic acid groups (broad SMARTS) is 3. The summed E-state index contributed by atoms with van der Waals surface area (Å²) in [5, 5.41) is 33.8. The van der Waals surface area contributed by atoms with E-state index in [2.05, 4.69) is 0 Å². The molecule has 0 aliphatic heterocycles. The second-order valence-corrected chi connectivity index (χ2v) is 2.48. The summed E-state index contributed by atoms with van der Waals surface area (Å²) in [6.07, 6.45) is -2.29. The van der Waals surface area contributed by atoms with E-state index in [0.29, 0.717) is 0 Å². The Morgan fingerprint density at radius 2 is 1.19 bits per heavy atom. The van der Waals surface area contributed by atoms with Gasteiger partial charge in [-0.2, -0.15) is 0 Å². The molecule has 0 aliphatic carbocycles. The first-order chi connectivity index (χ1) is 6.78. The average molecular weight is 339 g/mol. The fraction of sp³-hybridized carbons (Fsp3) is 0.500. The molecule has 0 fully saturated rings. The second-order valence-electron chi connectivity index (χ2n) is 2.48. The minimum atomic E-state index is -2.74. The van der Waals surface area contributed by atoms with E-state index in [4.69, 9.17) is 24.0 Å². The third-order valence-corrected chi connectivity index (χ3v) is 1.29. The molecule has 4 N–H and O–H groups in total. The van der Waals surface area contributed by atoms with Crippen LogP contribution in [-0.2, 0) is 55.7 Å². The Kier molecular flexibility index (Phi) is 12.5. The molecule has 8 nitrogen and oxygen atoms in total. The molecule has 0 saturated carbocycles. The number of aliphatic carboxylic acids is 3. The predicted octanol–water partition coefficient (Wildman–Crippen LogP) is -1.37. The van der Waals surface area contributed by atoms with E-state index < -0.39 is 36.4 Å². The van der Waals surface area contributed by atoms with Gasteiger partial charge < -0.3 is 20.4 Å². The molecule has 0 saturated heterocycles. The Labute approximate surface area is 112 Å². The molecular formula is C6H8O8Zn2. The summed E-state index contributed by atoms with van der Waals surface area (Å²) in [6, 6.07) is 0. The van der Waals surface area contributed by atoms with Gasteiger partial charge in [-0.1, -0.05) is 0 Å². The molecular weight excluding hydrogens is 331 g/mol. The Hall–Kier alpha value is -0.583. The molecule has 0 aromatic heterocycles. The fourth-order valence-corrected chi connectivity index (χ4v) is 0.714. The van der Waals surface area contributed by atoms with Crippen LogP contribution in [0.5, 0.6) is 0 Å². The summed E-state index contributed by atoms with van der Waals surface area (Å²) in [5.41, 5.74) is -2.74. The molecule has 0 bridgehead atoms. The van der Waals surface area contributed by atoms with Crippen molar-refractivity contribution in [3.8, 4) is 0 Å². The van der Waals surface area contributed by atoms with E-state index >= 15 is 0 Å². The Balaban J connectivity index is -0.000000529. The molecule has 0 radical (unpaired) electrons. The number of aliphatic hydroxyl groups is 1.